The lowest BCUT2D eigenvalue weighted by molar-refractivity contribution is 0.502. The van der Waals surface area contributed by atoms with E-state index in [2.05, 4.69) is 22.4 Å². The first-order valence-corrected chi connectivity index (χ1v) is 7.10. The molecule has 0 aliphatic heterocycles. The van der Waals surface area contributed by atoms with Gasteiger partial charge in [0, 0.05) is 6.42 Å². The van der Waals surface area contributed by atoms with Crippen LogP contribution in [-0.4, -0.2) is 17.2 Å². The van der Waals surface area contributed by atoms with E-state index >= 15 is 0 Å². The summed E-state index contributed by atoms with van der Waals surface area (Å²) in [6, 6.07) is 0.331. The minimum absolute atomic E-state index is 0.331. The molecular weight excluding hydrogens is 218 g/mol. The fourth-order valence-electron chi connectivity index (χ4n) is 2.29. The van der Waals surface area contributed by atoms with Gasteiger partial charge in [0.2, 0.25) is 0 Å². The lowest BCUT2D eigenvalue weighted by Gasteiger charge is -2.05. The molecule has 0 aromatic carbocycles. The molecule has 1 aromatic heterocycles. The van der Waals surface area contributed by atoms with Crippen LogP contribution >= 0.6 is 11.3 Å². The van der Waals surface area contributed by atoms with Crippen molar-refractivity contribution >= 4 is 11.3 Å². The SMILES string of the molecule is CNC(C)c1nnc(CCC2CCCC2)s1. The zero-order chi connectivity index (χ0) is 11.4. The number of aryl methyl sites for hydroxylation is 1. The molecule has 0 amide bonds. The summed E-state index contributed by atoms with van der Waals surface area (Å²) in [6.07, 6.45) is 8.16. The molecule has 2 rings (SSSR count). The maximum absolute atomic E-state index is 4.27. The zero-order valence-electron chi connectivity index (χ0n) is 10.2. The predicted molar refractivity (Wildman–Crippen MR) is 67.7 cm³/mol. The predicted octanol–water partition coefficient (Wildman–Crippen LogP) is 2.94. The van der Waals surface area contributed by atoms with Gasteiger partial charge >= 0.3 is 0 Å². The van der Waals surface area contributed by atoms with Gasteiger partial charge in [-0.25, -0.2) is 0 Å². The highest BCUT2D eigenvalue weighted by atomic mass is 32.1. The molecule has 4 heteroatoms. The van der Waals surface area contributed by atoms with Crippen LogP contribution in [0.5, 0.6) is 0 Å². The van der Waals surface area contributed by atoms with Crippen molar-refractivity contribution in [1.82, 2.24) is 15.5 Å². The smallest absolute Gasteiger partial charge is 0.134 e. The minimum atomic E-state index is 0.331. The normalized spacial score (nSPS) is 19.1. The number of nitrogens with zero attached hydrogens (tertiary/aromatic N) is 2. The fraction of sp³-hybridized carbons (Fsp3) is 0.833. The van der Waals surface area contributed by atoms with E-state index in [0.717, 1.165) is 17.3 Å². The standard InChI is InChI=1S/C12H21N3S/c1-9(13-2)12-15-14-11(16-12)8-7-10-5-3-4-6-10/h9-10,13H,3-8H2,1-2H3. The third kappa shape index (κ3) is 3.01. The summed E-state index contributed by atoms with van der Waals surface area (Å²) in [7, 11) is 1.96. The van der Waals surface area contributed by atoms with E-state index in [1.165, 1.54) is 37.1 Å². The molecule has 0 spiro atoms. The van der Waals surface area contributed by atoms with Gasteiger partial charge < -0.3 is 5.32 Å². The second kappa shape index (κ2) is 5.73. The Kier molecular flexibility index (Phi) is 4.29. The number of nitrogens with one attached hydrogen (secondary N) is 1. The Labute approximate surface area is 102 Å². The van der Waals surface area contributed by atoms with Crippen LogP contribution in [0, 0.1) is 5.92 Å². The largest absolute Gasteiger partial charge is 0.311 e. The van der Waals surface area contributed by atoms with Gasteiger partial charge in [0.25, 0.3) is 0 Å². The van der Waals surface area contributed by atoms with Crippen molar-refractivity contribution in [1.29, 1.82) is 0 Å². The van der Waals surface area contributed by atoms with E-state index in [9.17, 15) is 0 Å². The van der Waals surface area contributed by atoms with Gasteiger partial charge in [-0.1, -0.05) is 37.0 Å². The zero-order valence-corrected chi connectivity index (χ0v) is 11.0. The molecule has 1 aliphatic rings. The molecule has 1 heterocycles. The highest BCUT2D eigenvalue weighted by Crippen LogP contribution is 2.29. The van der Waals surface area contributed by atoms with Crippen LogP contribution in [0.1, 0.15) is 55.1 Å². The summed E-state index contributed by atoms with van der Waals surface area (Å²) in [5.41, 5.74) is 0. The molecule has 3 nitrogen and oxygen atoms in total. The quantitative estimate of drug-likeness (QED) is 0.858. The van der Waals surface area contributed by atoms with Crippen LogP contribution in [0.25, 0.3) is 0 Å². The first-order chi connectivity index (χ1) is 7.79. The molecule has 90 valence electrons. The molecule has 1 atom stereocenters. The van der Waals surface area contributed by atoms with Gasteiger partial charge in [-0.3, -0.25) is 0 Å². The maximum Gasteiger partial charge on any atom is 0.134 e. The Hall–Kier alpha value is -0.480. The van der Waals surface area contributed by atoms with Gasteiger partial charge in [-0.05, 0) is 26.3 Å². The first kappa shape index (κ1) is 12.0. The van der Waals surface area contributed by atoms with Crippen molar-refractivity contribution in [3.63, 3.8) is 0 Å². The Morgan fingerprint density at radius 2 is 2.12 bits per heavy atom. The van der Waals surface area contributed by atoms with Gasteiger partial charge in [-0.2, -0.15) is 0 Å². The summed E-state index contributed by atoms with van der Waals surface area (Å²) in [5, 5.41) is 14.0. The van der Waals surface area contributed by atoms with E-state index in [4.69, 9.17) is 0 Å². The molecule has 16 heavy (non-hydrogen) atoms. The van der Waals surface area contributed by atoms with Crippen molar-refractivity contribution in [3.8, 4) is 0 Å². The first-order valence-electron chi connectivity index (χ1n) is 6.29. The fourth-order valence-corrected chi connectivity index (χ4v) is 3.21. The van der Waals surface area contributed by atoms with Crippen LogP contribution in [0.2, 0.25) is 0 Å². The molecule has 1 unspecified atom stereocenters. The molecule has 0 saturated heterocycles. The van der Waals surface area contributed by atoms with Crippen LogP contribution in [0.4, 0.5) is 0 Å². The summed E-state index contributed by atoms with van der Waals surface area (Å²) in [4.78, 5) is 0. The topological polar surface area (TPSA) is 37.8 Å². The van der Waals surface area contributed by atoms with E-state index in [-0.39, 0.29) is 0 Å². The van der Waals surface area contributed by atoms with E-state index in [0.29, 0.717) is 6.04 Å². The van der Waals surface area contributed by atoms with Gasteiger partial charge in [0.05, 0.1) is 6.04 Å². The van der Waals surface area contributed by atoms with Crippen LogP contribution in [0.15, 0.2) is 0 Å². The molecular formula is C12H21N3S. The second-order valence-electron chi connectivity index (χ2n) is 4.73. The number of rotatable bonds is 5. The summed E-state index contributed by atoms with van der Waals surface area (Å²) in [5.74, 6) is 0.953. The Morgan fingerprint density at radius 3 is 2.81 bits per heavy atom. The number of aromatic nitrogens is 2. The lowest BCUT2D eigenvalue weighted by atomic mass is 10.0. The third-order valence-corrected chi connectivity index (χ3v) is 4.69. The molecule has 1 saturated carbocycles. The maximum atomic E-state index is 4.27. The highest BCUT2D eigenvalue weighted by molar-refractivity contribution is 7.11. The molecule has 1 N–H and O–H groups in total. The summed E-state index contributed by atoms with van der Waals surface area (Å²) in [6.45, 7) is 2.13. The van der Waals surface area contributed by atoms with Crippen molar-refractivity contribution in [3.05, 3.63) is 10.0 Å². The summed E-state index contributed by atoms with van der Waals surface area (Å²) < 4.78 is 0. The van der Waals surface area contributed by atoms with Gasteiger partial charge in [0.1, 0.15) is 10.0 Å². The number of hydrogen-bond acceptors (Lipinski definition) is 4. The van der Waals surface area contributed by atoms with Gasteiger partial charge in [-0.15, -0.1) is 10.2 Å². The minimum Gasteiger partial charge on any atom is -0.311 e. The average Bonchev–Trinajstić information content (AvgIpc) is 2.96. The van der Waals surface area contributed by atoms with E-state index in [1.54, 1.807) is 11.3 Å². The average molecular weight is 239 g/mol. The van der Waals surface area contributed by atoms with Crippen LogP contribution in [0.3, 0.4) is 0 Å². The molecule has 0 radical (unpaired) electrons. The lowest BCUT2D eigenvalue weighted by Crippen LogP contribution is -2.11. The van der Waals surface area contributed by atoms with E-state index < -0.39 is 0 Å². The molecule has 1 aliphatic carbocycles. The highest BCUT2D eigenvalue weighted by Gasteiger charge is 2.16. The third-order valence-electron chi connectivity index (χ3n) is 3.53. The van der Waals surface area contributed by atoms with Crippen molar-refractivity contribution in [2.24, 2.45) is 5.92 Å². The van der Waals surface area contributed by atoms with Gasteiger partial charge in [0.15, 0.2) is 0 Å². The Morgan fingerprint density at radius 1 is 1.38 bits per heavy atom. The number of hydrogen-bond donors (Lipinski definition) is 1. The van der Waals surface area contributed by atoms with Crippen LogP contribution in [-0.2, 0) is 6.42 Å². The van der Waals surface area contributed by atoms with E-state index in [1.807, 2.05) is 7.05 Å². The Bertz CT molecular complexity index is 318. The van der Waals surface area contributed by atoms with Crippen molar-refractivity contribution in [2.75, 3.05) is 7.05 Å². The summed E-state index contributed by atoms with van der Waals surface area (Å²) >= 11 is 1.76. The van der Waals surface area contributed by atoms with Crippen molar-refractivity contribution < 1.29 is 0 Å². The Balaban J connectivity index is 1.82. The van der Waals surface area contributed by atoms with Crippen LogP contribution < -0.4 is 5.32 Å². The van der Waals surface area contributed by atoms with Crippen molar-refractivity contribution in [2.45, 2.75) is 51.5 Å². The molecule has 1 aromatic rings. The monoisotopic (exact) mass is 239 g/mol. The second-order valence-corrected chi connectivity index (χ2v) is 5.83. The molecule has 1 fully saturated rings. The molecule has 0 bridgehead atoms.